The number of hydrogen-bond acceptors (Lipinski definition) is 7. The molecule has 1 fully saturated rings. The van der Waals surface area contributed by atoms with Crippen molar-refractivity contribution in [2.24, 2.45) is 0 Å². The predicted molar refractivity (Wildman–Crippen MR) is 136 cm³/mol. The van der Waals surface area contributed by atoms with Gasteiger partial charge in [0.05, 0.1) is 27.5 Å². The SMILES string of the molecule is CC(Oc1ccc(N)c(C(=N)c2nc3c([nH]2)CN(C2CCC(O)CC2)C3)c1)c1c(Cl)cncc1Cl. The average Bonchev–Trinajstić information content (AvgIpc) is 3.40. The second-order valence-electron chi connectivity index (χ2n) is 9.28. The van der Waals surface area contributed by atoms with Crippen molar-refractivity contribution in [3.05, 3.63) is 69.0 Å². The van der Waals surface area contributed by atoms with Gasteiger partial charge in [0.15, 0.2) is 5.82 Å². The Bertz CT molecular complexity index is 1210. The number of rotatable bonds is 6. The van der Waals surface area contributed by atoms with E-state index in [2.05, 4.69) is 14.9 Å². The summed E-state index contributed by atoms with van der Waals surface area (Å²) in [4.78, 5) is 14.4. The fraction of sp³-hybridized carbons (Fsp3) is 0.400. The number of aromatic nitrogens is 3. The Labute approximate surface area is 213 Å². The van der Waals surface area contributed by atoms with Crippen LogP contribution in [0.4, 0.5) is 5.69 Å². The molecule has 0 radical (unpaired) electrons. The lowest BCUT2D eigenvalue weighted by molar-refractivity contribution is 0.0718. The fourth-order valence-electron chi connectivity index (χ4n) is 4.98. The Morgan fingerprint density at radius 3 is 2.60 bits per heavy atom. The Kier molecular flexibility index (Phi) is 6.72. The minimum absolute atomic E-state index is 0.163. The summed E-state index contributed by atoms with van der Waals surface area (Å²) in [5.41, 5.74) is 10.1. The summed E-state index contributed by atoms with van der Waals surface area (Å²) in [6.45, 7) is 3.38. The van der Waals surface area contributed by atoms with Crippen LogP contribution in [-0.2, 0) is 13.1 Å². The number of nitrogen functional groups attached to an aromatic ring is 1. The molecule has 8 nitrogen and oxygen atoms in total. The largest absolute Gasteiger partial charge is 0.486 e. The molecule has 1 aliphatic heterocycles. The number of H-pyrrole nitrogens is 1. The number of anilines is 1. The van der Waals surface area contributed by atoms with Crippen molar-refractivity contribution >= 4 is 34.6 Å². The second kappa shape index (κ2) is 9.78. The number of nitrogens with two attached hydrogens (primary N) is 1. The summed E-state index contributed by atoms with van der Waals surface area (Å²) in [5.74, 6) is 1.03. The molecule has 0 bridgehead atoms. The molecule has 1 aliphatic carbocycles. The number of fused-ring (bicyclic) bond motifs is 1. The molecule has 35 heavy (non-hydrogen) atoms. The number of benzene rings is 1. The molecular formula is C25H28Cl2N6O2. The van der Waals surface area contributed by atoms with Crippen molar-refractivity contribution < 1.29 is 9.84 Å². The number of nitrogens with zero attached hydrogens (tertiary/aromatic N) is 3. The molecule has 1 aromatic carbocycles. The van der Waals surface area contributed by atoms with E-state index in [1.165, 1.54) is 12.4 Å². The van der Waals surface area contributed by atoms with Gasteiger partial charge in [-0.3, -0.25) is 15.3 Å². The molecule has 1 unspecified atom stereocenters. The van der Waals surface area contributed by atoms with Gasteiger partial charge in [-0.05, 0) is 50.8 Å². The quantitative estimate of drug-likeness (QED) is 0.274. The molecular weight excluding hydrogens is 487 g/mol. The highest BCUT2D eigenvalue weighted by Crippen LogP contribution is 2.34. The van der Waals surface area contributed by atoms with E-state index in [0.29, 0.717) is 44.5 Å². The van der Waals surface area contributed by atoms with Crippen molar-refractivity contribution in [1.29, 1.82) is 5.41 Å². The molecule has 0 spiro atoms. The molecule has 1 saturated carbocycles. The Morgan fingerprint density at radius 1 is 1.20 bits per heavy atom. The van der Waals surface area contributed by atoms with E-state index in [0.717, 1.165) is 50.2 Å². The first kappa shape index (κ1) is 24.1. The third-order valence-corrected chi connectivity index (χ3v) is 7.50. The summed E-state index contributed by atoms with van der Waals surface area (Å²) in [6, 6.07) is 5.69. The van der Waals surface area contributed by atoms with Crippen LogP contribution in [0.2, 0.25) is 10.0 Å². The first-order valence-corrected chi connectivity index (χ1v) is 12.5. The van der Waals surface area contributed by atoms with Crippen LogP contribution >= 0.6 is 23.2 Å². The van der Waals surface area contributed by atoms with Gasteiger partial charge in [0.2, 0.25) is 0 Å². The summed E-state index contributed by atoms with van der Waals surface area (Å²) < 4.78 is 6.09. The van der Waals surface area contributed by atoms with Crippen molar-refractivity contribution in [3.8, 4) is 5.75 Å². The summed E-state index contributed by atoms with van der Waals surface area (Å²) >= 11 is 12.5. The number of nitrogens with one attached hydrogen (secondary N) is 2. The highest BCUT2D eigenvalue weighted by atomic mass is 35.5. The lowest BCUT2D eigenvalue weighted by Gasteiger charge is -2.32. The minimum Gasteiger partial charge on any atom is -0.486 e. The van der Waals surface area contributed by atoms with Crippen LogP contribution in [0.3, 0.4) is 0 Å². The van der Waals surface area contributed by atoms with Gasteiger partial charge in [-0.25, -0.2) is 4.98 Å². The molecule has 3 aromatic rings. The molecule has 1 atom stereocenters. The number of aromatic amines is 1. The zero-order valence-corrected chi connectivity index (χ0v) is 20.9. The molecule has 3 heterocycles. The van der Waals surface area contributed by atoms with E-state index in [-0.39, 0.29) is 11.8 Å². The molecule has 0 saturated heterocycles. The van der Waals surface area contributed by atoms with Crippen LogP contribution in [0.1, 0.15) is 67.1 Å². The molecule has 2 aromatic heterocycles. The first-order valence-electron chi connectivity index (χ1n) is 11.7. The number of aliphatic hydroxyl groups excluding tert-OH is 1. The van der Waals surface area contributed by atoms with Crippen LogP contribution < -0.4 is 10.5 Å². The number of aliphatic hydroxyl groups is 1. The smallest absolute Gasteiger partial charge is 0.156 e. The van der Waals surface area contributed by atoms with Gasteiger partial charge in [0.1, 0.15) is 17.6 Å². The maximum Gasteiger partial charge on any atom is 0.156 e. The molecule has 5 N–H and O–H groups in total. The third-order valence-electron chi connectivity index (χ3n) is 6.90. The monoisotopic (exact) mass is 514 g/mol. The Hall–Kier alpha value is -2.65. The number of ether oxygens (including phenoxy) is 1. The number of hydrogen-bond donors (Lipinski definition) is 4. The van der Waals surface area contributed by atoms with E-state index in [9.17, 15) is 5.11 Å². The van der Waals surface area contributed by atoms with Gasteiger partial charge >= 0.3 is 0 Å². The summed E-state index contributed by atoms with van der Waals surface area (Å²) in [5, 5.41) is 19.4. The summed E-state index contributed by atoms with van der Waals surface area (Å²) in [6.07, 6.45) is 6.19. The highest BCUT2D eigenvalue weighted by molar-refractivity contribution is 6.35. The number of pyridine rings is 1. The third kappa shape index (κ3) is 4.89. The molecule has 5 rings (SSSR count). The molecule has 10 heteroatoms. The maximum absolute atomic E-state index is 9.79. The highest BCUT2D eigenvalue weighted by Gasteiger charge is 2.32. The van der Waals surface area contributed by atoms with Crippen LogP contribution in [0, 0.1) is 5.41 Å². The Balaban J connectivity index is 1.30. The molecule has 2 aliphatic rings. The zero-order chi connectivity index (χ0) is 24.7. The van der Waals surface area contributed by atoms with Crippen molar-refractivity contribution in [2.75, 3.05) is 5.73 Å². The lowest BCUT2D eigenvalue weighted by Crippen LogP contribution is -2.35. The van der Waals surface area contributed by atoms with Crippen LogP contribution in [0.25, 0.3) is 0 Å². The van der Waals surface area contributed by atoms with E-state index >= 15 is 0 Å². The molecule has 0 amide bonds. The second-order valence-corrected chi connectivity index (χ2v) is 10.1. The van der Waals surface area contributed by atoms with Crippen LogP contribution in [0.15, 0.2) is 30.6 Å². The van der Waals surface area contributed by atoms with Crippen LogP contribution in [-0.4, -0.2) is 42.8 Å². The van der Waals surface area contributed by atoms with Gasteiger partial charge in [0.25, 0.3) is 0 Å². The minimum atomic E-state index is -0.428. The maximum atomic E-state index is 9.79. The normalized spacial score (nSPS) is 21.0. The number of halogens is 2. The van der Waals surface area contributed by atoms with Gasteiger partial charge in [-0.2, -0.15) is 0 Å². The van der Waals surface area contributed by atoms with Crippen molar-refractivity contribution in [3.63, 3.8) is 0 Å². The van der Waals surface area contributed by atoms with Crippen molar-refractivity contribution in [2.45, 2.75) is 63.9 Å². The standard InChI is InChI=1S/C25H28Cl2N6O2/c1-13(23-18(26)9-30-10-19(23)27)35-16-6-7-20(28)17(8-16)24(29)25-31-21-11-33(12-22(21)32-25)14-2-4-15(34)5-3-14/h6-10,13-15,29,34H,2-5,11-12,28H2,1H3,(H,31,32). The Morgan fingerprint density at radius 2 is 1.91 bits per heavy atom. The predicted octanol–water partition coefficient (Wildman–Crippen LogP) is 4.87. The van der Waals surface area contributed by atoms with E-state index in [1.54, 1.807) is 18.2 Å². The van der Waals surface area contributed by atoms with E-state index < -0.39 is 6.10 Å². The summed E-state index contributed by atoms with van der Waals surface area (Å²) in [7, 11) is 0. The fourth-order valence-corrected chi connectivity index (χ4v) is 5.66. The lowest BCUT2D eigenvalue weighted by atomic mass is 9.92. The number of imidazole rings is 1. The first-order chi connectivity index (χ1) is 16.8. The average molecular weight is 515 g/mol. The van der Waals surface area contributed by atoms with Crippen LogP contribution in [0.5, 0.6) is 5.75 Å². The topological polar surface area (TPSA) is 124 Å². The van der Waals surface area contributed by atoms with E-state index in [1.807, 2.05) is 6.92 Å². The van der Waals surface area contributed by atoms with Gasteiger partial charge in [0, 0.05) is 48.3 Å². The van der Waals surface area contributed by atoms with Gasteiger partial charge in [-0.1, -0.05) is 23.2 Å². The zero-order valence-electron chi connectivity index (χ0n) is 19.4. The van der Waals surface area contributed by atoms with Crippen molar-refractivity contribution in [1.82, 2.24) is 19.9 Å². The van der Waals surface area contributed by atoms with Gasteiger partial charge < -0.3 is 20.6 Å². The molecule has 184 valence electrons. The van der Waals surface area contributed by atoms with E-state index in [4.69, 9.17) is 44.1 Å². The van der Waals surface area contributed by atoms with Gasteiger partial charge in [-0.15, -0.1) is 0 Å².